The number of halogens is 3. The normalized spacial score (nSPS) is 12.2. The lowest BCUT2D eigenvalue weighted by Gasteiger charge is -2.16. The highest BCUT2D eigenvalue weighted by Gasteiger charge is 2.32. The summed E-state index contributed by atoms with van der Waals surface area (Å²) in [5, 5.41) is 2.46. The molecular weight excluding hydrogens is 469 g/mol. The van der Waals surface area contributed by atoms with Crippen LogP contribution in [0.2, 0.25) is 0 Å². The van der Waals surface area contributed by atoms with E-state index in [-0.39, 0.29) is 27.7 Å². The van der Waals surface area contributed by atoms with Gasteiger partial charge in [-0.1, -0.05) is 13.0 Å². The van der Waals surface area contributed by atoms with Crippen LogP contribution in [-0.4, -0.2) is 35.0 Å². The van der Waals surface area contributed by atoms with Crippen molar-refractivity contribution in [2.75, 3.05) is 17.0 Å². The number of nitrogens with one attached hydrogen (secondary N) is 2. The summed E-state index contributed by atoms with van der Waals surface area (Å²) in [5.41, 5.74) is -2.03. The predicted octanol–water partition coefficient (Wildman–Crippen LogP) is 3.61. The lowest BCUT2D eigenvalue weighted by Crippen LogP contribution is -2.26. The molecule has 174 valence electrons. The van der Waals surface area contributed by atoms with E-state index in [0.29, 0.717) is 18.6 Å². The van der Waals surface area contributed by atoms with E-state index < -0.39 is 43.2 Å². The molecule has 0 saturated carbocycles. The monoisotopic (exact) mass is 490 g/mol. The van der Waals surface area contributed by atoms with E-state index in [2.05, 4.69) is 11.9 Å². The van der Waals surface area contributed by atoms with Crippen molar-refractivity contribution in [3.63, 3.8) is 0 Å². The Morgan fingerprint density at radius 1 is 1.03 bits per heavy atom. The topological polar surface area (TPSA) is 109 Å². The van der Waals surface area contributed by atoms with Crippen LogP contribution in [0, 0.1) is 0 Å². The SMILES string of the molecule is C=CCCNC(=O)c1ccc(C(F)(F)F)cc1NS(=O)(=O)c1ccc(S(=O)(=O)CC)cc1. The van der Waals surface area contributed by atoms with Gasteiger partial charge in [0.15, 0.2) is 9.84 Å². The number of hydrogen-bond donors (Lipinski definition) is 2. The molecule has 32 heavy (non-hydrogen) atoms. The predicted molar refractivity (Wildman–Crippen MR) is 114 cm³/mol. The Balaban J connectivity index is 2.45. The van der Waals surface area contributed by atoms with Crippen molar-refractivity contribution in [3.8, 4) is 0 Å². The molecule has 0 atom stereocenters. The standard InChI is InChI=1S/C20H21F3N2O5S2/c1-3-5-12-24-19(26)17-11-6-14(20(21,22)23)13-18(17)25-32(29,30)16-9-7-15(8-10-16)31(27,28)4-2/h3,6-11,13,25H,1,4-5,12H2,2H3,(H,24,26). The van der Waals surface area contributed by atoms with Gasteiger partial charge in [0.25, 0.3) is 15.9 Å². The average molecular weight is 491 g/mol. The van der Waals surface area contributed by atoms with Gasteiger partial charge in [0, 0.05) is 6.54 Å². The smallest absolute Gasteiger partial charge is 0.352 e. The van der Waals surface area contributed by atoms with Crippen molar-refractivity contribution < 1.29 is 34.8 Å². The Morgan fingerprint density at radius 3 is 2.16 bits per heavy atom. The minimum Gasteiger partial charge on any atom is -0.352 e. The van der Waals surface area contributed by atoms with Crippen molar-refractivity contribution in [2.24, 2.45) is 0 Å². The molecule has 0 aliphatic heterocycles. The second kappa shape index (κ2) is 9.74. The zero-order valence-corrected chi connectivity index (χ0v) is 18.6. The summed E-state index contributed by atoms with van der Waals surface area (Å²) in [6, 6.07) is 6.27. The molecule has 0 aromatic heterocycles. The molecule has 0 saturated heterocycles. The van der Waals surface area contributed by atoms with E-state index in [0.717, 1.165) is 30.3 Å². The third-order valence-corrected chi connectivity index (χ3v) is 7.47. The molecule has 0 heterocycles. The summed E-state index contributed by atoms with van der Waals surface area (Å²) in [6.07, 6.45) is -2.84. The Labute approximate surface area is 184 Å². The number of benzene rings is 2. The molecule has 2 aromatic carbocycles. The second-order valence-corrected chi connectivity index (χ2v) is 10.5. The van der Waals surface area contributed by atoms with Gasteiger partial charge in [-0.15, -0.1) is 6.58 Å². The summed E-state index contributed by atoms with van der Waals surface area (Å²) in [6.45, 7) is 5.07. The number of amides is 1. The van der Waals surface area contributed by atoms with Crippen LogP contribution in [0.5, 0.6) is 0 Å². The highest BCUT2D eigenvalue weighted by atomic mass is 32.2. The Bertz CT molecular complexity index is 1210. The van der Waals surface area contributed by atoms with Crippen molar-refractivity contribution in [1.29, 1.82) is 0 Å². The first-order valence-electron chi connectivity index (χ1n) is 9.28. The molecule has 0 aliphatic carbocycles. The average Bonchev–Trinajstić information content (AvgIpc) is 2.73. The molecule has 0 bridgehead atoms. The first-order chi connectivity index (χ1) is 14.8. The highest BCUT2D eigenvalue weighted by Crippen LogP contribution is 2.33. The van der Waals surface area contributed by atoms with Crippen LogP contribution in [-0.2, 0) is 26.0 Å². The molecular formula is C20H21F3N2O5S2. The third-order valence-electron chi connectivity index (χ3n) is 4.34. The number of carbonyl (C=O) groups is 1. The van der Waals surface area contributed by atoms with Gasteiger partial charge in [-0.05, 0) is 48.9 Å². The molecule has 2 N–H and O–H groups in total. The lowest BCUT2D eigenvalue weighted by atomic mass is 10.1. The van der Waals surface area contributed by atoms with Crippen molar-refractivity contribution in [1.82, 2.24) is 5.32 Å². The maximum absolute atomic E-state index is 13.1. The number of sulfone groups is 1. The van der Waals surface area contributed by atoms with Crippen LogP contribution < -0.4 is 10.0 Å². The Kier molecular flexibility index (Phi) is 7.73. The van der Waals surface area contributed by atoms with E-state index in [9.17, 15) is 34.8 Å². The molecule has 0 spiro atoms. The van der Waals surface area contributed by atoms with E-state index >= 15 is 0 Å². The van der Waals surface area contributed by atoms with Gasteiger partial charge in [-0.25, -0.2) is 16.8 Å². The molecule has 0 aliphatic rings. The fourth-order valence-electron chi connectivity index (χ4n) is 2.58. The van der Waals surface area contributed by atoms with Crippen molar-refractivity contribution in [3.05, 3.63) is 66.2 Å². The molecule has 2 rings (SSSR count). The quantitative estimate of drug-likeness (QED) is 0.412. The maximum atomic E-state index is 13.1. The summed E-state index contributed by atoms with van der Waals surface area (Å²) in [4.78, 5) is 11.9. The second-order valence-electron chi connectivity index (χ2n) is 6.57. The van der Waals surface area contributed by atoms with Crippen LogP contribution in [0.4, 0.5) is 18.9 Å². The molecule has 0 fully saturated rings. The fraction of sp³-hybridized carbons (Fsp3) is 0.250. The number of sulfonamides is 1. The summed E-state index contributed by atoms with van der Waals surface area (Å²) >= 11 is 0. The van der Waals surface area contributed by atoms with E-state index in [1.54, 1.807) is 0 Å². The zero-order chi connectivity index (χ0) is 24.2. The molecule has 0 radical (unpaired) electrons. The number of anilines is 1. The largest absolute Gasteiger partial charge is 0.416 e. The van der Waals surface area contributed by atoms with Gasteiger partial charge in [-0.3, -0.25) is 9.52 Å². The molecule has 0 unspecified atom stereocenters. The maximum Gasteiger partial charge on any atom is 0.416 e. The van der Waals surface area contributed by atoms with Gasteiger partial charge in [0.05, 0.1) is 32.4 Å². The fourth-order valence-corrected chi connectivity index (χ4v) is 4.54. The lowest BCUT2D eigenvalue weighted by molar-refractivity contribution is -0.137. The first kappa shape index (κ1) is 25.4. The van der Waals surface area contributed by atoms with Gasteiger partial charge >= 0.3 is 6.18 Å². The van der Waals surface area contributed by atoms with Crippen LogP contribution in [0.3, 0.4) is 0 Å². The van der Waals surface area contributed by atoms with Gasteiger partial charge in [0.1, 0.15) is 0 Å². The number of carbonyl (C=O) groups excluding carboxylic acids is 1. The Morgan fingerprint density at radius 2 is 1.62 bits per heavy atom. The number of alkyl halides is 3. The van der Waals surface area contributed by atoms with Gasteiger partial charge < -0.3 is 5.32 Å². The molecule has 7 nitrogen and oxygen atoms in total. The summed E-state index contributed by atoms with van der Waals surface area (Å²) in [5.74, 6) is -0.964. The van der Waals surface area contributed by atoms with E-state index in [1.807, 2.05) is 4.72 Å². The van der Waals surface area contributed by atoms with E-state index in [1.165, 1.54) is 13.0 Å². The van der Waals surface area contributed by atoms with Crippen LogP contribution in [0.25, 0.3) is 0 Å². The highest BCUT2D eigenvalue weighted by molar-refractivity contribution is 7.92. The molecule has 12 heteroatoms. The summed E-state index contributed by atoms with van der Waals surface area (Å²) < 4.78 is 90.7. The van der Waals surface area contributed by atoms with Crippen LogP contribution in [0.15, 0.2) is 64.9 Å². The van der Waals surface area contributed by atoms with Gasteiger partial charge in [-0.2, -0.15) is 13.2 Å². The molecule has 2 aromatic rings. The first-order valence-corrected chi connectivity index (χ1v) is 12.4. The zero-order valence-electron chi connectivity index (χ0n) is 16.9. The number of hydrogen-bond acceptors (Lipinski definition) is 5. The third kappa shape index (κ3) is 6.10. The number of rotatable bonds is 9. The van der Waals surface area contributed by atoms with Crippen LogP contribution >= 0.6 is 0 Å². The van der Waals surface area contributed by atoms with Gasteiger partial charge in [0.2, 0.25) is 0 Å². The minimum absolute atomic E-state index is 0.0969. The van der Waals surface area contributed by atoms with Crippen molar-refractivity contribution >= 4 is 31.5 Å². The van der Waals surface area contributed by atoms with Crippen molar-refractivity contribution in [2.45, 2.75) is 29.3 Å². The minimum atomic E-state index is -4.77. The Hall–Kier alpha value is -2.86. The molecule has 1 amide bonds. The summed E-state index contributed by atoms with van der Waals surface area (Å²) in [7, 11) is -8.00. The van der Waals surface area contributed by atoms with Crippen LogP contribution in [0.1, 0.15) is 29.3 Å². The van der Waals surface area contributed by atoms with E-state index in [4.69, 9.17) is 0 Å².